The molecule has 1 unspecified atom stereocenters. The van der Waals surface area contributed by atoms with Crippen LogP contribution in [0.2, 0.25) is 6.55 Å². The van der Waals surface area contributed by atoms with Gasteiger partial charge in [0.1, 0.15) is 0 Å². The third-order valence-corrected chi connectivity index (χ3v) is 2.81. The molecule has 0 saturated heterocycles. The molecule has 0 aliphatic carbocycles. The van der Waals surface area contributed by atoms with E-state index in [2.05, 4.69) is 43.6 Å². The lowest BCUT2D eigenvalue weighted by molar-refractivity contribution is 0.358. The van der Waals surface area contributed by atoms with Crippen LogP contribution in [0.1, 0.15) is 6.92 Å². The van der Waals surface area contributed by atoms with E-state index in [0.29, 0.717) is 0 Å². The molecule has 1 nitrogen and oxygen atoms in total. The molecule has 1 atom stereocenters. The van der Waals surface area contributed by atoms with Crippen molar-refractivity contribution < 1.29 is 4.43 Å². The summed E-state index contributed by atoms with van der Waals surface area (Å²) in [4.78, 5) is 0. The van der Waals surface area contributed by atoms with Crippen molar-refractivity contribution in [3.05, 3.63) is 0 Å². The van der Waals surface area contributed by atoms with Crippen molar-refractivity contribution in [3.8, 4) is 0 Å². The summed E-state index contributed by atoms with van der Waals surface area (Å²) in [7, 11) is 0. The van der Waals surface area contributed by atoms with Crippen molar-refractivity contribution in [3.63, 3.8) is 0 Å². The highest BCUT2D eigenvalue weighted by Crippen LogP contribution is 2.20. The Bertz CT molecular complexity index is 53.4. The summed E-state index contributed by atoms with van der Waals surface area (Å²) in [6.45, 7) is 4.92. The van der Waals surface area contributed by atoms with Gasteiger partial charge in [-0.1, -0.05) is 37.1 Å². The van der Waals surface area contributed by atoms with Crippen LogP contribution in [0.5, 0.6) is 0 Å². The summed E-state index contributed by atoms with van der Waals surface area (Å²) in [5, 5.41) is 0. The summed E-state index contributed by atoms with van der Waals surface area (Å²) in [5.74, 6) is 0. The number of rotatable bonds is 2. The highest BCUT2D eigenvalue weighted by molar-refractivity contribution is 14.1. The van der Waals surface area contributed by atoms with Crippen molar-refractivity contribution in [2.24, 2.45) is 0 Å². The van der Waals surface area contributed by atoms with Crippen LogP contribution in [0.25, 0.3) is 0 Å². The van der Waals surface area contributed by atoms with Gasteiger partial charge >= 0.3 is 4.43 Å². The number of hydrogen-bond acceptors (Lipinski definition) is 1. The van der Waals surface area contributed by atoms with Crippen molar-refractivity contribution in [1.29, 1.82) is 0 Å². The topological polar surface area (TPSA) is 9.23 Å². The Morgan fingerprint density at radius 1 is 1.86 bits per heavy atom. The minimum Gasteiger partial charge on any atom is -0.400 e. The van der Waals surface area contributed by atoms with Crippen LogP contribution in [0.15, 0.2) is 0 Å². The van der Waals surface area contributed by atoms with Gasteiger partial charge in [-0.2, -0.15) is 0 Å². The van der Waals surface area contributed by atoms with Gasteiger partial charge in [0.2, 0.25) is 0 Å². The van der Waals surface area contributed by atoms with Crippen LogP contribution in [0.3, 0.4) is 0 Å². The largest absolute Gasteiger partial charge is 0.400 e. The van der Waals surface area contributed by atoms with Crippen molar-refractivity contribution >= 4 is 41.5 Å². The standard InChI is InChI=1S/C3H8BrIOSi/c1-3-6-7(2,4)5/h3H2,1-2H3. The van der Waals surface area contributed by atoms with E-state index in [9.17, 15) is 0 Å². The lowest BCUT2D eigenvalue weighted by atomic mass is 10.9. The van der Waals surface area contributed by atoms with E-state index >= 15 is 0 Å². The van der Waals surface area contributed by atoms with E-state index in [1.54, 1.807) is 0 Å². The zero-order valence-corrected chi connectivity index (χ0v) is 9.11. The molecule has 0 N–H and O–H groups in total. The first kappa shape index (κ1) is 8.39. The van der Waals surface area contributed by atoms with Gasteiger partial charge in [0.15, 0.2) is 0 Å². The summed E-state index contributed by atoms with van der Waals surface area (Å²) >= 11 is 5.75. The first-order valence-electron chi connectivity index (χ1n) is 2.08. The molecule has 0 bridgehead atoms. The van der Waals surface area contributed by atoms with Gasteiger partial charge in [0.05, 0.1) is 0 Å². The molecular formula is C3H8BrIOSi. The van der Waals surface area contributed by atoms with E-state index in [-0.39, 0.29) is 0 Å². The monoisotopic (exact) mass is 294 g/mol. The smallest absolute Gasteiger partial charge is 0.327 e. The molecule has 0 aromatic carbocycles. The van der Waals surface area contributed by atoms with Crippen LogP contribution >= 0.6 is 37.1 Å². The Labute approximate surface area is 65.7 Å². The minimum absolute atomic E-state index is 0.816. The molecule has 0 saturated carbocycles. The molecule has 0 aliphatic heterocycles. The second-order valence-electron chi connectivity index (χ2n) is 1.24. The fourth-order valence-electron chi connectivity index (χ4n) is 0.253. The van der Waals surface area contributed by atoms with Crippen LogP contribution in [0.4, 0.5) is 0 Å². The van der Waals surface area contributed by atoms with Crippen LogP contribution in [0, 0.1) is 0 Å². The second-order valence-corrected chi connectivity index (χ2v) is 18.3. The normalized spacial score (nSPS) is 18.9. The fourth-order valence-corrected chi connectivity index (χ4v) is 2.38. The van der Waals surface area contributed by atoms with Gasteiger partial charge in [-0.15, -0.1) is 0 Å². The summed E-state index contributed by atoms with van der Waals surface area (Å²) in [6.07, 6.45) is 0. The lowest BCUT2D eigenvalue weighted by Gasteiger charge is -2.08. The van der Waals surface area contributed by atoms with Gasteiger partial charge in [0, 0.05) is 6.61 Å². The predicted molar refractivity (Wildman–Crippen MR) is 46.2 cm³/mol. The van der Waals surface area contributed by atoms with Gasteiger partial charge in [-0.25, -0.2) is 0 Å². The molecule has 0 radical (unpaired) electrons. The minimum atomic E-state index is -1.37. The third kappa shape index (κ3) is 7.39. The maximum atomic E-state index is 5.27. The van der Waals surface area contributed by atoms with Crippen molar-refractivity contribution in [1.82, 2.24) is 0 Å². The Hall–Kier alpha value is 1.39. The lowest BCUT2D eigenvalue weighted by Crippen LogP contribution is -2.16. The maximum absolute atomic E-state index is 5.27. The molecule has 0 rings (SSSR count). The van der Waals surface area contributed by atoms with E-state index in [1.807, 2.05) is 6.92 Å². The van der Waals surface area contributed by atoms with E-state index in [0.717, 1.165) is 6.61 Å². The Morgan fingerprint density at radius 3 is 2.29 bits per heavy atom. The van der Waals surface area contributed by atoms with Crippen LogP contribution in [-0.4, -0.2) is 11.0 Å². The number of hydrogen-bond donors (Lipinski definition) is 0. The fraction of sp³-hybridized carbons (Fsp3) is 1.00. The SMILES string of the molecule is CCO[Si](C)(Br)I. The molecule has 4 heteroatoms. The summed E-state index contributed by atoms with van der Waals surface area (Å²) < 4.78 is 3.90. The Balaban J connectivity index is 3.15. The Kier molecular flexibility index (Phi) is 4.10. The molecule has 0 aromatic heterocycles. The molecular weight excluding hydrogens is 287 g/mol. The second kappa shape index (κ2) is 3.42. The van der Waals surface area contributed by atoms with Crippen LogP contribution in [-0.2, 0) is 4.43 Å². The van der Waals surface area contributed by atoms with E-state index in [4.69, 9.17) is 4.43 Å². The quantitative estimate of drug-likeness (QED) is 0.432. The Morgan fingerprint density at radius 2 is 2.29 bits per heavy atom. The molecule has 0 fully saturated rings. The summed E-state index contributed by atoms with van der Waals surface area (Å²) in [5.41, 5.74) is 0. The van der Waals surface area contributed by atoms with Gasteiger partial charge in [-0.3, -0.25) is 0 Å². The zero-order chi connectivity index (χ0) is 5.91. The first-order chi connectivity index (χ1) is 3.06. The predicted octanol–water partition coefficient (Wildman–Crippen LogP) is 2.42. The first-order valence-corrected chi connectivity index (χ1v) is 9.86. The molecule has 0 heterocycles. The zero-order valence-electron chi connectivity index (χ0n) is 4.37. The highest BCUT2D eigenvalue weighted by Gasteiger charge is 2.18. The molecule has 44 valence electrons. The number of halogens is 2. The van der Waals surface area contributed by atoms with Crippen LogP contribution < -0.4 is 0 Å². The summed E-state index contributed by atoms with van der Waals surface area (Å²) in [6, 6.07) is 0. The van der Waals surface area contributed by atoms with Gasteiger partial charge in [0.25, 0.3) is 0 Å². The van der Waals surface area contributed by atoms with Gasteiger partial charge < -0.3 is 4.43 Å². The molecule has 0 aliphatic rings. The molecule has 7 heavy (non-hydrogen) atoms. The molecule has 0 amide bonds. The molecule has 0 aromatic rings. The average molecular weight is 295 g/mol. The average Bonchev–Trinajstić information content (AvgIpc) is 1.30. The third-order valence-electron chi connectivity index (χ3n) is 0.398. The molecule has 0 spiro atoms. The van der Waals surface area contributed by atoms with E-state index in [1.165, 1.54) is 0 Å². The van der Waals surface area contributed by atoms with E-state index < -0.39 is 4.43 Å². The highest BCUT2D eigenvalue weighted by atomic mass is 127. The van der Waals surface area contributed by atoms with Gasteiger partial charge in [-0.05, 0) is 13.5 Å². The van der Waals surface area contributed by atoms with Crippen molar-refractivity contribution in [2.75, 3.05) is 6.61 Å². The van der Waals surface area contributed by atoms with Crippen molar-refractivity contribution in [2.45, 2.75) is 13.5 Å². The maximum Gasteiger partial charge on any atom is 0.327 e.